The van der Waals surface area contributed by atoms with E-state index in [0.717, 1.165) is 31.8 Å². The van der Waals surface area contributed by atoms with Crippen LogP contribution in [0.4, 0.5) is 0 Å². The van der Waals surface area contributed by atoms with Gasteiger partial charge in [-0.2, -0.15) is 0 Å². The summed E-state index contributed by atoms with van der Waals surface area (Å²) >= 11 is 0. The van der Waals surface area contributed by atoms with Crippen LogP contribution in [0.3, 0.4) is 0 Å². The van der Waals surface area contributed by atoms with Crippen LogP contribution >= 0.6 is 0 Å². The lowest BCUT2D eigenvalue weighted by Crippen LogP contribution is -2.30. The number of hydrogen-bond donors (Lipinski definition) is 0. The highest BCUT2D eigenvalue weighted by atomic mass is 16.5. The van der Waals surface area contributed by atoms with E-state index in [4.69, 9.17) is 4.74 Å². The van der Waals surface area contributed by atoms with Crippen molar-refractivity contribution in [1.82, 2.24) is 4.90 Å². The number of ether oxygens (including phenoxy) is 1. The maximum atomic E-state index is 5.46. The smallest absolute Gasteiger partial charge is 0.119 e. The van der Waals surface area contributed by atoms with Crippen LogP contribution in [0, 0.1) is 5.92 Å². The quantitative estimate of drug-likeness (QED) is 0.392. The third-order valence-corrected chi connectivity index (χ3v) is 5.69. The van der Waals surface area contributed by atoms with Crippen LogP contribution in [-0.4, -0.2) is 18.6 Å². The molecule has 0 aromatic heterocycles. The van der Waals surface area contributed by atoms with Gasteiger partial charge in [-0.1, -0.05) is 86.6 Å². The average molecular weight is 388 g/mol. The van der Waals surface area contributed by atoms with Gasteiger partial charge in [-0.15, -0.1) is 0 Å². The van der Waals surface area contributed by atoms with Gasteiger partial charge in [-0.25, -0.2) is 0 Å². The lowest BCUT2D eigenvalue weighted by molar-refractivity contribution is 0.204. The molecule has 3 rings (SSSR count). The largest absolute Gasteiger partial charge is 0.497 e. The molecule has 0 saturated heterocycles. The van der Waals surface area contributed by atoms with Crippen molar-refractivity contribution in [2.24, 2.45) is 5.92 Å². The van der Waals surface area contributed by atoms with Gasteiger partial charge in [0.25, 0.3) is 0 Å². The fourth-order valence-electron chi connectivity index (χ4n) is 4.24. The normalized spacial score (nSPS) is 13.2. The Kier molecular flexibility index (Phi) is 7.89. The first-order valence-corrected chi connectivity index (χ1v) is 10.6. The molecule has 152 valence electrons. The lowest BCUT2D eigenvalue weighted by Gasteiger charge is -2.31. The lowest BCUT2D eigenvalue weighted by atomic mass is 9.84. The van der Waals surface area contributed by atoms with Crippen LogP contribution in [0.15, 0.2) is 84.9 Å². The van der Waals surface area contributed by atoms with Crippen molar-refractivity contribution in [2.75, 3.05) is 13.7 Å². The number of nitrogens with zero attached hydrogens (tertiary/aromatic N) is 1. The second kappa shape index (κ2) is 10.8. The van der Waals surface area contributed by atoms with E-state index in [1.54, 1.807) is 7.11 Å². The molecule has 3 aromatic carbocycles. The molecule has 0 amide bonds. The summed E-state index contributed by atoms with van der Waals surface area (Å²) in [5.74, 6) is 2.00. The number of methoxy groups -OCH3 is 1. The zero-order valence-electron chi connectivity index (χ0n) is 17.9. The maximum Gasteiger partial charge on any atom is 0.119 e. The summed E-state index contributed by atoms with van der Waals surface area (Å²) < 4.78 is 5.46. The Bertz CT molecular complexity index is 805. The summed E-state index contributed by atoms with van der Waals surface area (Å²) in [4.78, 5) is 2.58. The number of rotatable bonds is 10. The Morgan fingerprint density at radius 1 is 0.793 bits per heavy atom. The second-order valence-corrected chi connectivity index (χ2v) is 7.91. The summed E-state index contributed by atoms with van der Waals surface area (Å²) in [5, 5.41) is 0. The number of hydrogen-bond acceptors (Lipinski definition) is 2. The van der Waals surface area contributed by atoms with E-state index in [1.165, 1.54) is 16.7 Å². The van der Waals surface area contributed by atoms with Crippen LogP contribution < -0.4 is 4.74 Å². The van der Waals surface area contributed by atoms with Crippen molar-refractivity contribution in [3.63, 3.8) is 0 Å². The molecule has 0 aliphatic heterocycles. The predicted octanol–water partition coefficient (Wildman–Crippen LogP) is 6.53. The predicted molar refractivity (Wildman–Crippen MR) is 122 cm³/mol. The Morgan fingerprint density at radius 2 is 1.38 bits per heavy atom. The van der Waals surface area contributed by atoms with E-state index in [1.807, 2.05) is 6.07 Å². The molecule has 2 nitrogen and oxygen atoms in total. The fourth-order valence-corrected chi connectivity index (χ4v) is 4.24. The molecule has 0 aliphatic carbocycles. The van der Waals surface area contributed by atoms with E-state index in [2.05, 4.69) is 97.6 Å². The van der Waals surface area contributed by atoms with E-state index >= 15 is 0 Å². The third-order valence-electron chi connectivity index (χ3n) is 5.69. The molecule has 29 heavy (non-hydrogen) atoms. The molecular formula is C27H33NO. The molecule has 0 heterocycles. The summed E-state index contributed by atoms with van der Waals surface area (Å²) in [7, 11) is 1.74. The Morgan fingerprint density at radius 3 is 1.90 bits per heavy atom. The van der Waals surface area contributed by atoms with Gasteiger partial charge in [0.1, 0.15) is 5.75 Å². The molecule has 3 aromatic rings. The molecule has 0 radical (unpaired) electrons. The maximum absolute atomic E-state index is 5.46. The molecule has 0 bridgehead atoms. The molecule has 0 unspecified atom stereocenters. The van der Waals surface area contributed by atoms with E-state index in [0.29, 0.717) is 11.8 Å². The van der Waals surface area contributed by atoms with Crippen LogP contribution in [0.25, 0.3) is 0 Å². The summed E-state index contributed by atoms with van der Waals surface area (Å²) in [6.45, 7) is 7.67. The first kappa shape index (κ1) is 21.1. The van der Waals surface area contributed by atoms with Gasteiger partial charge in [0.05, 0.1) is 7.11 Å². The van der Waals surface area contributed by atoms with E-state index in [9.17, 15) is 0 Å². The van der Waals surface area contributed by atoms with Crippen molar-refractivity contribution in [3.05, 3.63) is 102 Å². The van der Waals surface area contributed by atoms with Crippen LogP contribution in [0.2, 0.25) is 0 Å². The van der Waals surface area contributed by atoms with Gasteiger partial charge in [-0.3, -0.25) is 4.90 Å². The van der Waals surface area contributed by atoms with E-state index in [-0.39, 0.29) is 0 Å². The Hall–Kier alpha value is -2.58. The van der Waals surface area contributed by atoms with Crippen molar-refractivity contribution in [3.8, 4) is 5.75 Å². The van der Waals surface area contributed by atoms with Crippen molar-refractivity contribution >= 4 is 0 Å². The molecule has 0 fully saturated rings. The van der Waals surface area contributed by atoms with E-state index < -0.39 is 0 Å². The molecule has 2 atom stereocenters. The monoisotopic (exact) mass is 387 g/mol. The summed E-state index contributed by atoms with van der Waals surface area (Å²) in [5.41, 5.74) is 4.11. The van der Waals surface area contributed by atoms with Crippen molar-refractivity contribution in [2.45, 2.75) is 39.3 Å². The molecule has 0 spiro atoms. The first-order chi connectivity index (χ1) is 14.2. The standard InChI is InChI=1S/C27H33NO/c1-4-27(25-16-11-17-26(18-25)29-3)22(2)19-28(20-23-12-7-5-8-13-23)21-24-14-9-6-10-15-24/h5-18,22,27H,4,19-21H2,1-3H3/t22-,27+/m0/s1. The second-order valence-electron chi connectivity index (χ2n) is 7.91. The minimum atomic E-state index is 0.513. The van der Waals surface area contributed by atoms with Gasteiger partial charge in [0, 0.05) is 19.6 Å². The summed E-state index contributed by atoms with van der Waals surface area (Å²) in [6.07, 6.45) is 1.12. The molecule has 0 aliphatic rings. The molecule has 2 heteroatoms. The van der Waals surface area contributed by atoms with Gasteiger partial charge < -0.3 is 4.74 Å². The topological polar surface area (TPSA) is 12.5 Å². The minimum absolute atomic E-state index is 0.513. The average Bonchev–Trinajstić information content (AvgIpc) is 2.76. The number of benzene rings is 3. The van der Waals surface area contributed by atoms with Crippen LogP contribution in [0.1, 0.15) is 42.9 Å². The highest BCUT2D eigenvalue weighted by Crippen LogP contribution is 2.31. The van der Waals surface area contributed by atoms with Gasteiger partial charge in [-0.05, 0) is 47.1 Å². The molecular weight excluding hydrogens is 354 g/mol. The van der Waals surface area contributed by atoms with Crippen LogP contribution in [-0.2, 0) is 13.1 Å². The van der Waals surface area contributed by atoms with Gasteiger partial charge in [0.15, 0.2) is 0 Å². The zero-order valence-corrected chi connectivity index (χ0v) is 17.9. The first-order valence-electron chi connectivity index (χ1n) is 10.6. The van der Waals surface area contributed by atoms with Gasteiger partial charge in [0.2, 0.25) is 0 Å². The third kappa shape index (κ3) is 6.20. The highest BCUT2D eigenvalue weighted by Gasteiger charge is 2.21. The Labute approximate surface area is 176 Å². The Balaban J connectivity index is 1.77. The highest BCUT2D eigenvalue weighted by molar-refractivity contribution is 5.31. The summed E-state index contributed by atoms with van der Waals surface area (Å²) in [6, 6.07) is 30.2. The minimum Gasteiger partial charge on any atom is -0.497 e. The van der Waals surface area contributed by atoms with Crippen LogP contribution in [0.5, 0.6) is 5.75 Å². The SMILES string of the molecule is CC[C@@H](c1cccc(OC)c1)[C@@H](C)CN(Cc1ccccc1)Cc1ccccc1. The zero-order chi connectivity index (χ0) is 20.5. The van der Waals surface area contributed by atoms with Crippen molar-refractivity contribution < 1.29 is 4.74 Å². The van der Waals surface area contributed by atoms with Gasteiger partial charge >= 0.3 is 0 Å². The molecule has 0 N–H and O–H groups in total. The fraction of sp³-hybridized carbons (Fsp3) is 0.333. The van der Waals surface area contributed by atoms with Crippen molar-refractivity contribution in [1.29, 1.82) is 0 Å². The molecule has 0 saturated carbocycles.